The third kappa shape index (κ3) is 12.1. The Hall–Kier alpha value is -2.26. The zero-order valence-electron chi connectivity index (χ0n) is 21.7. The molecule has 36 heavy (non-hydrogen) atoms. The Labute approximate surface area is 225 Å². The van der Waals surface area contributed by atoms with E-state index in [1.807, 2.05) is 27.7 Å². The number of thioether (sulfide) groups is 3. The Morgan fingerprint density at radius 3 is 1.47 bits per heavy atom. The predicted octanol–water partition coefficient (Wildman–Crippen LogP) is 3.85. The fourth-order valence-corrected chi connectivity index (χ4v) is 4.25. The maximum Gasteiger partial charge on any atom is 0.407 e. The molecule has 0 saturated heterocycles. The first kappa shape index (κ1) is 30.0. The largest absolute Gasteiger partial charge is 0.444 e. The van der Waals surface area contributed by atoms with E-state index in [-0.39, 0.29) is 0 Å². The molecule has 0 aliphatic heterocycles. The third-order valence-electron chi connectivity index (χ3n) is 3.80. The van der Waals surface area contributed by atoms with Gasteiger partial charge in [0, 0.05) is 26.2 Å². The van der Waals surface area contributed by atoms with E-state index in [9.17, 15) is 4.79 Å². The standard InChI is InChI=1S/C21H36N10O2S3/c1-7-34-17-27-14(26-15(28-17)23-12-13-25-20(32)33-21(4,5)6)22-10-11-24-16-29-18(35-8-2)31-19(30-16)36-9-3/h7-13H2,1-6H3,(H,25,32)(H,24,29,30,31)(H2,22,23,26,27,28). The molecule has 12 nitrogen and oxygen atoms in total. The lowest BCUT2D eigenvalue weighted by Gasteiger charge is -2.19. The lowest BCUT2D eigenvalue weighted by Crippen LogP contribution is -2.35. The van der Waals surface area contributed by atoms with Gasteiger partial charge in [-0.05, 0) is 38.0 Å². The van der Waals surface area contributed by atoms with Crippen molar-refractivity contribution in [2.75, 3.05) is 59.4 Å². The first-order valence-electron chi connectivity index (χ1n) is 11.8. The molecule has 1 amide bonds. The number of hydrogen-bond donors (Lipinski definition) is 4. The summed E-state index contributed by atoms with van der Waals surface area (Å²) in [5.74, 6) is 4.07. The van der Waals surface area contributed by atoms with Crippen LogP contribution in [0, 0.1) is 0 Å². The zero-order chi connectivity index (χ0) is 26.4. The highest BCUT2D eigenvalue weighted by Crippen LogP contribution is 2.20. The summed E-state index contributed by atoms with van der Waals surface area (Å²) in [6, 6.07) is 0. The third-order valence-corrected chi connectivity index (χ3v) is 5.99. The molecule has 0 aliphatic carbocycles. The van der Waals surface area contributed by atoms with Crippen molar-refractivity contribution in [3.63, 3.8) is 0 Å². The van der Waals surface area contributed by atoms with Crippen LogP contribution in [0.1, 0.15) is 41.5 Å². The number of anilines is 3. The van der Waals surface area contributed by atoms with Gasteiger partial charge >= 0.3 is 6.09 Å². The molecule has 0 unspecified atom stereocenters. The molecule has 0 spiro atoms. The molecule has 2 rings (SSSR count). The van der Waals surface area contributed by atoms with Gasteiger partial charge in [0.25, 0.3) is 0 Å². The van der Waals surface area contributed by atoms with Crippen LogP contribution in [0.25, 0.3) is 0 Å². The molecule has 0 bridgehead atoms. The van der Waals surface area contributed by atoms with Gasteiger partial charge in [0.1, 0.15) is 5.60 Å². The molecular formula is C21H36N10O2S3. The second kappa shape index (κ2) is 15.8. The van der Waals surface area contributed by atoms with Gasteiger partial charge in [-0.15, -0.1) is 0 Å². The van der Waals surface area contributed by atoms with Gasteiger partial charge < -0.3 is 26.0 Å². The van der Waals surface area contributed by atoms with Crippen LogP contribution in [0.4, 0.5) is 22.6 Å². The van der Waals surface area contributed by atoms with Crippen LogP contribution in [0.15, 0.2) is 15.5 Å². The smallest absolute Gasteiger partial charge is 0.407 e. The van der Waals surface area contributed by atoms with Crippen LogP contribution in [-0.4, -0.2) is 85.0 Å². The van der Waals surface area contributed by atoms with Crippen LogP contribution in [0.3, 0.4) is 0 Å². The molecule has 0 atom stereocenters. The lowest BCUT2D eigenvalue weighted by molar-refractivity contribution is 0.0530. The van der Waals surface area contributed by atoms with Gasteiger partial charge in [0.15, 0.2) is 15.5 Å². The number of aromatic nitrogens is 6. The van der Waals surface area contributed by atoms with E-state index >= 15 is 0 Å². The first-order valence-corrected chi connectivity index (χ1v) is 14.8. The highest BCUT2D eigenvalue weighted by Gasteiger charge is 2.15. The lowest BCUT2D eigenvalue weighted by atomic mass is 10.2. The highest BCUT2D eigenvalue weighted by molar-refractivity contribution is 7.99. The minimum atomic E-state index is -0.537. The summed E-state index contributed by atoms with van der Waals surface area (Å²) in [6.07, 6.45) is -0.462. The minimum Gasteiger partial charge on any atom is -0.444 e. The van der Waals surface area contributed by atoms with Crippen LogP contribution in [0.5, 0.6) is 0 Å². The van der Waals surface area contributed by atoms with Crippen LogP contribution >= 0.6 is 35.3 Å². The molecule has 0 radical (unpaired) electrons. The number of carbonyl (C=O) groups excluding carboxylic acids is 1. The minimum absolute atomic E-state index is 0.367. The van der Waals surface area contributed by atoms with Crippen molar-refractivity contribution in [3.8, 4) is 0 Å². The number of alkyl carbamates (subject to hydrolysis) is 1. The van der Waals surface area contributed by atoms with Crippen molar-refractivity contribution < 1.29 is 9.53 Å². The van der Waals surface area contributed by atoms with Crippen molar-refractivity contribution in [3.05, 3.63) is 0 Å². The number of nitrogens with one attached hydrogen (secondary N) is 4. The fourth-order valence-electron chi connectivity index (χ4n) is 2.51. The van der Waals surface area contributed by atoms with Crippen molar-refractivity contribution in [1.82, 2.24) is 35.2 Å². The molecule has 0 aliphatic rings. The van der Waals surface area contributed by atoms with Crippen molar-refractivity contribution >= 4 is 59.2 Å². The number of carbonyl (C=O) groups is 1. The quantitative estimate of drug-likeness (QED) is 0.185. The molecule has 2 aromatic heterocycles. The second-order valence-corrected chi connectivity index (χ2v) is 11.7. The average molecular weight is 557 g/mol. The van der Waals surface area contributed by atoms with E-state index in [2.05, 4.69) is 65.0 Å². The number of rotatable bonds is 15. The molecule has 0 aromatic carbocycles. The Morgan fingerprint density at radius 1 is 0.667 bits per heavy atom. The Morgan fingerprint density at radius 2 is 1.06 bits per heavy atom. The van der Waals surface area contributed by atoms with Gasteiger partial charge in [-0.25, -0.2) is 4.79 Å². The monoisotopic (exact) mass is 556 g/mol. The Bertz CT molecular complexity index is 938. The normalized spacial score (nSPS) is 11.2. The van der Waals surface area contributed by atoms with Gasteiger partial charge in [-0.2, -0.15) is 29.9 Å². The van der Waals surface area contributed by atoms with Crippen LogP contribution in [-0.2, 0) is 4.74 Å². The van der Waals surface area contributed by atoms with E-state index in [0.29, 0.717) is 49.2 Å². The van der Waals surface area contributed by atoms with Gasteiger partial charge in [0.2, 0.25) is 17.8 Å². The van der Waals surface area contributed by atoms with Crippen LogP contribution in [0.2, 0.25) is 0 Å². The predicted molar refractivity (Wildman–Crippen MR) is 149 cm³/mol. The molecule has 200 valence electrons. The summed E-state index contributed by atoms with van der Waals surface area (Å²) in [6.45, 7) is 13.6. The summed E-state index contributed by atoms with van der Waals surface area (Å²) >= 11 is 4.70. The topological polar surface area (TPSA) is 152 Å². The SMILES string of the molecule is CCSc1nc(NCCNC(=O)OC(C)(C)C)nc(NCCNc2nc(SCC)nc(SCC)n2)n1. The van der Waals surface area contributed by atoms with Gasteiger partial charge in [-0.3, -0.25) is 0 Å². The van der Waals surface area contributed by atoms with E-state index < -0.39 is 11.7 Å². The van der Waals surface area contributed by atoms with E-state index in [1.165, 1.54) is 11.8 Å². The molecule has 2 heterocycles. The van der Waals surface area contributed by atoms with Crippen molar-refractivity contribution in [1.29, 1.82) is 0 Å². The van der Waals surface area contributed by atoms with E-state index in [4.69, 9.17) is 4.74 Å². The number of hydrogen-bond acceptors (Lipinski definition) is 14. The maximum absolute atomic E-state index is 11.8. The Kier molecular flexibility index (Phi) is 13.1. The molecule has 0 saturated carbocycles. The fraction of sp³-hybridized carbons (Fsp3) is 0.667. The van der Waals surface area contributed by atoms with Gasteiger partial charge in [0.05, 0.1) is 0 Å². The van der Waals surface area contributed by atoms with Gasteiger partial charge in [-0.1, -0.05) is 56.1 Å². The molecule has 0 fully saturated rings. The molecular weight excluding hydrogens is 521 g/mol. The van der Waals surface area contributed by atoms with Crippen molar-refractivity contribution in [2.45, 2.75) is 62.6 Å². The first-order chi connectivity index (χ1) is 17.2. The molecule has 2 aromatic rings. The highest BCUT2D eigenvalue weighted by atomic mass is 32.2. The molecule has 4 N–H and O–H groups in total. The summed E-state index contributed by atoms with van der Waals surface area (Å²) < 4.78 is 5.23. The summed E-state index contributed by atoms with van der Waals surface area (Å²) in [7, 11) is 0. The Balaban J connectivity index is 1.89. The number of ether oxygens (including phenoxy) is 1. The summed E-state index contributed by atoms with van der Waals surface area (Å²) in [4.78, 5) is 38.5. The second-order valence-electron chi connectivity index (χ2n) is 8.00. The molecule has 15 heteroatoms. The zero-order valence-corrected chi connectivity index (χ0v) is 24.1. The number of amides is 1. The van der Waals surface area contributed by atoms with E-state index in [0.717, 1.165) is 27.6 Å². The van der Waals surface area contributed by atoms with E-state index in [1.54, 1.807) is 23.5 Å². The average Bonchev–Trinajstić information content (AvgIpc) is 2.79. The van der Waals surface area contributed by atoms with Crippen molar-refractivity contribution in [2.24, 2.45) is 0 Å². The van der Waals surface area contributed by atoms with Crippen LogP contribution < -0.4 is 21.3 Å². The number of nitrogens with zero attached hydrogens (tertiary/aromatic N) is 6. The summed E-state index contributed by atoms with van der Waals surface area (Å²) in [5.41, 5.74) is -0.537. The maximum atomic E-state index is 11.8. The summed E-state index contributed by atoms with van der Waals surface area (Å²) in [5, 5.41) is 14.3.